The number of nitrogens with one attached hydrogen (secondary N) is 1. The fourth-order valence-electron chi connectivity index (χ4n) is 2.50. The molecule has 0 unspecified atom stereocenters. The highest BCUT2D eigenvalue weighted by atomic mass is 79.9. The van der Waals surface area contributed by atoms with Crippen molar-refractivity contribution in [2.24, 2.45) is 0 Å². The molecule has 0 amide bonds. The van der Waals surface area contributed by atoms with Crippen LogP contribution in [0.2, 0.25) is 0 Å². The molecule has 0 bridgehead atoms. The van der Waals surface area contributed by atoms with Gasteiger partial charge < -0.3 is 5.32 Å². The van der Waals surface area contributed by atoms with Crippen LogP contribution in [0.1, 0.15) is 16.8 Å². The molecule has 3 aromatic rings. The Morgan fingerprint density at radius 2 is 2.32 bits per heavy atom. The fraction of sp³-hybridized carbons (Fsp3) is 0.118. The van der Waals surface area contributed by atoms with Crippen molar-refractivity contribution in [2.75, 3.05) is 11.6 Å². The topological polar surface area (TPSA) is 66.0 Å². The summed E-state index contributed by atoms with van der Waals surface area (Å²) in [6.45, 7) is 4.02. The Balaban J connectivity index is 1.99. The van der Waals surface area contributed by atoms with Crippen LogP contribution in [-0.4, -0.2) is 20.6 Å². The molecule has 8 heteroatoms. The Bertz CT molecular complexity index is 1010. The van der Waals surface area contributed by atoms with Crippen LogP contribution in [0.25, 0.3) is 11.7 Å². The molecule has 2 aromatic heterocycles. The molecule has 0 aliphatic carbocycles. The predicted molar refractivity (Wildman–Crippen MR) is 101 cm³/mol. The number of aromatic nitrogens is 3. The number of nitriles is 1. The van der Waals surface area contributed by atoms with Crippen LogP contribution >= 0.6 is 27.7 Å². The molecule has 0 atom stereocenters. The zero-order chi connectivity index (χ0) is 18.0. The van der Waals surface area contributed by atoms with Crippen molar-refractivity contribution >= 4 is 45.4 Å². The first-order valence-electron chi connectivity index (χ1n) is 7.24. The molecule has 0 saturated carbocycles. The Kier molecular flexibility index (Phi) is 5.06. The van der Waals surface area contributed by atoms with Crippen LogP contribution in [0.4, 0.5) is 10.3 Å². The first kappa shape index (κ1) is 17.5. The molecule has 2 heterocycles. The van der Waals surface area contributed by atoms with Crippen LogP contribution in [0.5, 0.6) is 0 Å². The van der Waals surface area contributed by atoms with E-state index in [-0.39, 0.29) is 18.1 Å². The van der Waals surface area contributed by atoms with Gasteiger partial charge in [0.25, 0.3) is 0 Å². The molecule has 25 heavy (non-hydrogen) atoms. The van der Waals surface area contributed by atoms with E-state index in [2.05, 4.69) is 37.8 Å². The first-order valence-corrected chi connectivity index (χ1v) is 9.26. The van der Waals surface area contributed by atoms with Crippen LogP contribution in [-0.2, 0) is 6.54 Å². The number of fused-ring (bicyclic) bond motifs is 1. The number of imidazole rings is 1. The highest BCUT2D eigenvalue weighted by molar-refractivity contribution is 9.10. The number of nitrogens with zero attached hydrogens (tertiary/aromatic N) is 4. The molecule has 0 aliphatic heterocycles. The normalized spacial score (nSPS) is 10.6. The number of hydrogen-bond acceptors (Lipinski definition) is 5. The number of rotatable bonds is 5. The van der Waals surface area contributed by atoms with Gasteiger partial charge in [-0.25, -0.2) is 14.4 Å². The lowest BCUT2D eigenvalue weighted by atomic mass is 10.1. The molecule has 0 aliphatic rings. The zero-order valence-electron chi connectivity index (χ0n) is 13.3. The van der Waals surface area contributed by atoms with E-state index in [0.29, 0.717) is 21.6 Å². The van der Waals surface area contributed by atoms with E-state index < -0.39 is 0 Å². The molecule has 0 fully saturated rings. The van der Waals surface area contributed by atoms with Gasteiger partial charge in [-0.15, -0.1) is 11.8 Å². The molecular weight excluding hydrogens is 405 g/mol. The summed E-state index contributed by atoms with van der Waals surface area (Å²) in [5.74, 6) is 0.160. The largest absolute Gasteiger partial charge is 0.351 e. The minimum Gasteiger partial charge on any atom is -0.351 e. The third-order valence-electron chi connectivity index (χ3n) is 3.67. The van der Waals surface area contributed by atoms with Gasteiger partial charge in [0, 0.05) is 23.2 Å². The smallest absolute Gasteiger partial charge is 0.209 e. The predicted octanol–water partition coefficient (Wildman–Crippen LogP) is 4.48. The molecule has 3 rings (SSSR count). The van der Waals surface area contributed by atoms with E-state index in [1.54, 1.807) is 28.9 Å². The quantitative estimate of drug-likeness (QED) is 0.619. The summed E-state index contributed by atoms with van der Waals surface area (Å²) in [5, 5.41) is 12.2. The van der Waals surface area contributed by atoms with Crippen molar-refractivity contribution in [1.82, 2.24) is 14.4 Å². The van der Waals surface area contributed by atoms with Crippen LogP contribution in [0, 0.1) is 17.1 Å². The molecule has 126 valence electrons. The summed E-state index contributed by atoms with van der Waals surface area (Å²) < 4.78 is 16.6. The molecule has 5 nitrogen and oxygen atoms in total. The lowest BCUT2D eigenvalue weighted by Crippen LogP contribution is -2.09. The monoisotopic (exact) mass is 417 g/mol. The summed E-state index contributed by atoms with van der Waals surface area (Å²) in [6.07, 6.45) is 6.77. The lowest BCUT2D eigenvalue weighted by Gasteiger charge is -2.13. The SMILES string of the molecule is C=Cc1c(SC)ccc(F)c1CNc1ncc(Br)c2nc(C#N)cn12. The van der Waals surface area contributed by atoms with E-state index in [9.17, 15) is 4.39 Å². The van der Waals surface area contributed by atoms with Crippen LogP contribution in [0.3, 0.4) is 0 Å². The second kappa shape index (κ2) is 7.25. The first-order chi connectivity index (χ1) is 12.1. The number of halogens is 2. The molecule has 0 radical (unpaired) electrons. The lowest BCUT2D eigenvalue weighted by molar-refractivity contribution is 0.610. The van der Waals surface area contributed by atoms with Gasteiger partial charge in [-0.2, -0.15) is 5.26 Å². The Morgan fingerprint density at radius 3 is 3.00 bits per heavy atom. The van der Waals surface area contributed by atoms with Gasteiger partial charge in [0.2, 0.25) is 5.95 Å². The number of benzene rings is 1. The second-order valence-corrected chi connectivity index (χ2v) is 6.76. The van der Waals surface area contributed by atoms with Crippen molar-refractivity contribution in [3.8, 4) is 6.07 Å². The second-order valence-electron chi connectivity index (χ2n) is 5.06. The minimum atomic E-state index is -0.308. The van der Waals surface area contributed by atoms with E-state index in [1.165, 1.54) is 17.8 Å². The van der Waals surface area contributed by atoms with E-state index >= 15 is 0 Å². The molecular formula is C17H13BrFN5S. The Morgan fingerprint density at radius 1 is 1.52 bits per heavy atom. The zero-order valence-corrected chi connectivity index (χ0v) is 15.7. The van der Waals surface area contributed by atoms with E-state index in [4.69, 9.17) is 5.26 Å². The van der Waals surface area contributed by atoms with E-state index in [1.807, 2.05) is 12.3 Å². The van der Waals surface area contributed by atoms with Crippen LogP contribution < -0.4 is 5.32 Å². The third kappa shape index (κ3) is 3.25. The maximum atomic E-state index is 14.3. The van der Waals surface area contributed by atoms with Gasteiger partial charge in [0.15, 0.2) is 11.3 Å². The molecule has 1 aromatic carbocycles. The van der Waals surface area contributed by atoms with Gasteiger partial charge in [-0.1, -0.05) is 12.7 Å². The highest BCUT2D eigenvalue weighted by Gasteiger charge is 2.14. The van der Waals surface area contributed by atoms with Crippen molar-refractivity contribution in [1.29, 1.82) is 5.26 Å². The van der Waals surface area contributed by atoms with Gasteiger partial charge in [0.1, 0.15) is 11.9 Å². The van der Waals surface area contributed by atoms with Crippen molar-refractivity contribution in [2.45, 2.75) is 11.4 Å². The number of thioether (sulfide) groups is 1. The minimum absolute atomic E-state index is 0.228. The van der Waals surface area contributed by atoms with Gasteiger partial charge in [-0.3, -0.25) is 4.40 Å². The maximum Gasteiger partial charge on any atom is 0.209 e. The highest BCUT2D eigenvalue weighted by Crippen LogP contribution is 2.28. The van der Waals surface area contributed by atoms with Gasteiger partial charge in [-0.05, 0) is 39.9 Å². The Hall–Kier alpha value is -2.37. The summed E-state index contributed by atoms with van der Waals surface area (Å²) in [7, 11) is 0. The summed E-state index contributed by atoms with van der Waals surface area (Å²) in [4.78, 5) is 9.46. The van der Waals surface area contributed by atoms with E-state index in [0.717, 1.165) is 10.5 Å². The van der Waals surface area contributed by atoms with Gasteiger partial charge >= 0.3 is 0 Å². The number of anilines is 1. The van der Waals surface area contributed by atoms with Crippen LogP contribution in [0.15, 0.2) is 40.5 Å². The molecule has 0 spiro atoms. The fourth-order valence-corrected chi connectivity index (χ4v) is 3.51. The van der Waals surface area contributed by atoms with Crippen molar-refractivity contribution in [3.05, 3.63) is 58.2 Å². The Labute approximate surface area is 156 Å². The standard InChI is InChI=1S/C17H13BrFN5S/c1-3-11-12(14(19)4-5-15(11)25-2)7-21-17-22-8-13(18)16-23-10(6-20)9-24(16)17/h3-5,8-9H,1,7H2,2H3,(H,21,22). The van der Waals surface area contributed by atoms with Crippen molar-refractivity contribution < 1.29 is 4.39 Å². The van der Waals surface area contributed by atoms with Gasteiger partial charge in [0.05, 0.1) is 10.7 Å². The molecule has 1 N–H and O–H groups in total. The molecule has 0 saturated heterocycles. The average molecular weight is 418 g/mol. The third-order valence-corrected chi connectivity index (χ3v) is 5.02. The summed E-state index contributed by atoms with van der Waals surface area (Å²) >= 11 is 4.90. The number of hydrogen-bond donors (Lipinski definition) is 1. The average Bonchev–Trinajstić information content (AvgIpc) is 3.07. The summed E-state index contributed by atoms with van der Waals surface area (Å²) in [6, 6.07) is 5.19. The maximum absolute atomic E-state index is 14.3. The summed E-state index contributed by atoms with van der Waals surface area (Å²) in [5.41, 5.74) is 2.12. The van der Waals surface area contributed by atoms with Crippen molar-refractivity contribution in [3.63, 3.8) is 0 Å².